The molecule has 0 bridgehead atoms. The highest BCUT2D eigenvalue weighted by atomic mass is 16.3. The van der Waals surface area contributed by atoms with Gasteiger partial charge in [0, 0.05) is 13.6 Å². The Hall–Kier alpha value is -1.14. The second kappa shape index (κ2) is 13.2. The Bertz CT molecular complexity index is 493. The minimum Gasteiger partial charge on any atom is -0.393 e. The van der Waals surface area contributed by atoms with Crippen LogP contribution in [0.4, 0.5) is 4.79 Å². The zero-order chi connectivity index (χ0) is 21.9. The molecule has 29 heavy (non-hydrogen) atoms. The zero-order valence-corrected chi connectivity index (χ0v) is 19.2. The number of likely N-dealkylation sites (N-methyl/N-ethyl adjacent to an activating group) is 1. The van der Waals surface area contributed by atoms with Gasteiger partial charge in [0.25, 0.3) is 5.91 Å². The van der Waals surface area contributed by atoms with Gasteiger partial charge >= 0.3 is 6.03 Å². The van der Waals surface area contributed by atoms with Crippen molar-refractivity contribution in [1.82, 2.24) is 9.80 Å². The van der Waals surface area contributed by atoms with Gasteiger partial charge in [-0.15, -0.1) is 0 Å². The summed E-state index contributed by atoms with van der Waals surface area (Å²) in [5, 5.41) is 19.9. The summed E-state index contributed by atoms with van der Waals surface area (Å²) >= 11 is 0. The highest BCUT2D eigenvalue weighted by Crippen LogP contribution is 2.25. The van der Waals surface area contributed by atoms with Gasteiger partial charge in [0.15, 0.2) is 0 Å². The van der Waals surface area contributed by atoms with E-state index in [0.29, 0.717) is 19.4 Å². The number of amides is 3. The number of carbonyl (C=O) groups is 2. The molecule has 0 spiro atoms. The van der Waals surface area contributed by atoms with E-state index in [-0.39, 0.29) is 24.1 Å². The molecular weight excluding hydrogens is 368 g/mol. The van der Waals surface area contributed by atoms with Crippen LogP contribution in [0.1, 0.15) is 104 Å². The number of unbranched alkanes of at least 4 members (excludes halogenated alkanes) is 7. The van der Waals surface area contributed by atoms with Crippen LogP contribution in [0, 0.1) is 0 Å². The lowest BCUT2D eigenvalue weighted by Crippen LogP contribution is -2.39. The molecule has 0 aromatic carbocycles. The summed E-state index contributed by atoms with van der Waals surface area (Å²) in [6, 6.07) is -0.625. The number of hydrogen-bond donors (Lipinski definition) is 2. The van der Waals surface area contributed by atoms with Crippen molar-refractivity contribution in [3.8, 4) is 0 Å². The van der Waals surface area contributed by atoms with E-state index in [1.807, 2.05) is 13.8 Å². The van der Waals surface area contributed by atoms with Gasteiger partial charge in [-0.05, 0) is 39.5 Å². The molecule has 0 aromatic heterocycles. The summed E-state index contributed by atoms with van der Waals surface area (Å²) in [6.07, 6.45) is 12.1. The number of urea groups is 1. The van der Waals surface area contributed by atoms with Crippen molar-refractivity contribution in [3.63, 3.8) is 0 Å². The Morgan fingerprint density at radius 3 is 2.28 bits per heavy atom. The molecule has 3 amide bonds. The lowest BCUT2D eigenvalue weighted by atomic mass is 9.94. The van der Waals surface area contributed by atoms with Crippen molar-refractivity contribution in [2.45, 2.75) is 122 Å². The van der Waals surface area contributed by atoms with Gasteiger partial charge < -0.3 is 15.1 Å². The van der Waals surface area contributed by atoms with Crippen LogP contribution in [-0.4, -0.2) is 63.3 Å². The lowest BCUT2D eigenvalue weighted by Gasteiger charge is -2.28. The van der Waals surface area contributed by atoms with Crippen molar-refractivity contribution in [3.05, 3.63) is 0 Å². The first-order valence-electron chi connectivity index (χ1n) is 11.7. The lowest BCUT2D eigenvalue weighted by molar-refractivity contribution is -0.127. The van der Waals surface area contributed by atoms with E-state index in [1.54, 1.807) is 11.9 Å². The van der Waals surface area contributed by atoms with Crippen LogP contribution in [0.2, 0.25) is 0 Å². The first-order valence-corrected chi connectivity index (χ1v) is 11.7. The standard InChI is InChI=1S/C23H44N2O4/c1-5-6-7-13-16-23(3,29)17-18-25-20(21(27)24(4)22(25)28)15-12-10-8-9-11-14-19(2)26/h19-20,26,29H,5-18H2,1-4H3. The van der Waals surface area contributed by atoms with E-state index in [2.05, 4.69) is 6.92 Å². The normalized spacial score (nSPS) is 20.4. The average molecular weight is 413 g/mol. The molecule has 1 saturated heterocycles. The van der Waals surface area contributed by atoms with Gasteiger partial charge in [-0.25, -0.2) is 4.79 Å². The van der Waals surface area contributed by atoms with Crippen molar-refractivity contribution >= 4 is 11.9 Å². The summed E-state index contributed by atoms with van der Waals surface area (Å²) < 4.78 is 0. The van der Waals surface area contributed by atoms with Crippen LogP contribution in [-0.2, 0) is 4.79 Å². The monoisotopic (exact) mass is 412 g/mol. The van der Waals surface area contributed by atoms with Crippen LogP contribution in [0.5, 0.6) is 0 Å². The molecule has 3 atom stereocenters. The Morgan fingerprint density at radius 1 is 1.00 bits per heavy atom. The van der Waals surface area contributed by atoms with Crippen LogP contribution >= 0.6 is 0 Å². The van der Waals surface area contributed by atoms with E-state index in [9.17, 15) is 19.8 Å². The predicted octanol–water partition coefficient (Wildman–Crippen LogP) is 4.47. The number of rotatable bonds is 16. The fraction of sp³-hybridized carbons (Fsp3) is 0.913. The molecule has 6 nitrogen and oxygen atoms in total. The molecule has 170 valence electrons. The highest BCUT2D eigenvalue weighted by Gasteiger charge is 2.42. The minimum absolute atomic E-state index is 0.119. The minimum atomic E-state index is -0.799. The van der Waals surface area contributed by atoms with Gasteiger partial charge in [0.05, 0.1) is 11.7 Å². The number of carbonyl (C=O) groups excluding carboxylic acids is 2. The van der Waals surface area contributed by atoms with Crippen molar-refractivity contribution in [2.75, 3.05) is 13.6 Å². The fourth-order valence-corrected chi connectivity index (χ4v) is 4.03. The zero-order valence-electron chi connectivity index (χ0n) is 19.2. The van der Waals surface area contributed by atoms with Gasteiger partial charge in [-0.1, -0.05) is 64.7 Å². The second-order valence-corrected chi connectivity index (χ2v) is 9.14. The Balaban J connectivity index is 2.43. The molecule has 1 aliphatic rings. The van der Waals surface area contributed by atoms with E-state index in [4.69, 9.17) is 0 Å². The number of aliphatic hydroxyl groups excluding tert-OH is 1. The Morgan fingerprint density at radius 2 is 1.62 bits per heavy atom. The smallest absolute Gasteiger partial charge is 0.327 e. The summed E-state index contributed by atoms with van der Waals surface area (Å²) in [6.45, 7) is 6.25. The third kappa shape index (κ3) is 9.47. The maximum absolute atomic E-state index is 12.5. The number of nitrogens with zero attached hydrogens (tertiary/aromatic N) is 2. The van der Waals surface area contributed by atoms with Gasteiger partial charge in [0.2, 0.25) is 0 Å². The molecule has 6 heteroatoms. The second-order valence-electron chi connectivity index (χ2n) is 9.14. The average Bonchev–Trinajstić information content (AvgIpc) is 2.86. The molecule has 2 N–H and O–H groups in total. The molecular formula is C23H44N2O4. The Kier molecular flexibility index (Phi) is 11.8. The van der Waals surface area contributed by atoms with Gasteiger partial charge in [0.1, 0.15) is 6.04 Å². The Labute approximate surface area is 177 Å². The quantitative estimate of drug-likeness (QED) is 0.289. The molecule has 1 heterocycles. The molecule has 3 unspecified atom stereocenters. The third-order valence-corrected chi connectivity index (χ3v) is 6.08. The van der Waals surface area contributed by atoms with Crippen molar-refractivity contribution in [1.29, 1.82) is 0 Å². The van der Waals surface area contributed by atoms with Crippen LogP contribution in [0.3, 0.4) is 0 Å². The highest BCUT2D eigenvalue weighted by molar-refractivity contribution is 6.03. The maximum atomic E-state index is 12.5. The van der Waals surface area contributed by atoms with Gasteiger partial charge in [-0.2, -0.15) is 0 Å². The first-order chi connectivity index (χ1) is 13.7. The number of aliphatic hydroxyl groups is 2. The third-order valence-electron chi connectivity index (χ3n) is 6.08. The molecule has 0 aromatic rings. The summed E-state index contributed by atoms with van der Waals surface area (Å²) in [5.74, 6) is -0.119. The molecule has 0 radical (unpaired) electrons. The topological polar surface area (TPSA) is 81.1 Å². The SMILES string of the molecule is CCCCCCC(C)(O)CCN1C(=O)N(C)C(=O)C1CCCCCCCC(C)O. The molecule has 0 saturated carbocycles. The van der Waals surface area contributed by atoms with Crippen molar-refractivity contribution in [2.24, 2.45) is 0 Å². The van der Waals surface area contributed by atoms with Crippen LogP contribution < -0.4 is 0 Å². The van der Waals surface area contributed by atoms with Crippen LogP contribution in [0.25, 0.3) is 0 Å². The predicted molar refractivity (Wildman–Crippen MR) is 117 cm³/mol. The van der Waals surface area contributed by atoms with Gasteiger partial charge in [-0.3, -0.25) is 9.69 Å². The maximum Gasteiger partial charge on any atom is 0.327 e. The van der Waals surface area contributed by atoms with Crippen LogP contribution in [0.15, 0.2) is 0 Å². The van der Waals surface area contributed by atoms with Crippen molar-refractivity contribution < 1.29 is 19.8 Å². The summed E-state index contributed by atoms with van der Waals surface area (Å²) in [5.41, 5.74) is -0.799. The van der Waals surface area contributed by atoms with E-state index in [0.717, 1.165) is 57.8 Å². The largest absolute Gasteiger partial charge is 0.393 e. The fourth-order valence-electron chi connectivity index (χ4n) is 4.03. The van der Waals surface area contributed by atoms with E-state index in [1.165, 1.54) is 17.7 Å². The number of hydrogen-bond acceptors (Lipinski definition) is 4. The molecule has 1 fully saturated rings. The molecule has 1 aliphatic heterocycles. The summed E-state index contributed by atoms with van der Waals surface area (Å²) in [4.78, 5) is 27.9. The number of imide groups is 1. The van der Waals surface area contributed by atoms with E-state index < -0.39 is 5.60 Å². The first kappa shape index (κ1) is 25.9. The molecule has 1 rings (SSSR count). The van der Waals surface area contributed by atoms with E-state index >= 15 is 0 Å². The molecule has 0 aliphatic carbocycles. The summed E-state index contributed by atoms with van der Waals surface area (Å²) in [7, 11) is 1.55.